The topological polar surface area (TPSA) is 30.5 Å². The number of hydrogen-bond acceptors (Lipinski definition) is 3. The zero-order valence-electron chi connectivity index (χ0n) is 11.0. The van der Waals surface area contributed by atoms with Crippen molar-refractivity contribution >= 4 is 0 Å². The molecule has 1 unspecified atom stereocenters. The Hall–Kier alpha value is -0.540. The molecular formula is C13H25NO2. The molecule has 0 aromatic heterocycles. The first kappa shape index (κ1) is 13.5. The summed E-state index contributed by atoms with van der Waals surface area (Å²) in [6.45, 7) is 7.96. The number of hydrogen-bond donors (Lipinski definition) is 1. The number of rotatable bonds is 7. The minimum Gasteiger partial charge on any atom is -0.496 e. The van der Waals surface area contributed by atoms with Gasteiger partial charge in [-0.3, -0.25) is 0 Å². The van der Waals surface area contributed by atoms with Crippen LogP contribution in [-0.2, 0) is 9.47 Å². The smallest absolute Gasteiger partial charge is 0.112 e. The molecule has 1 N–H and O–H groups in total. The first-order valence-electron chi connectivity index (χ1n) is 6.38. The highest BCUT2D eigenvalue weighted by atomic mass is 16.5. The van der Waals surface area contributed by atoms with E-state index in [2.05, 4.69) is 32.2 Å². The van der Waals surface area contributed by atoms with Crippen LogP contribution < -0.4 is 5.32 Å². The summed E-state index contributed by atoms with van der Waals surface area (Å²) >= 11 is 0. The van der Waals surface area contributed by atoms with Crippen molar-refractivity contribution in [3.8, 4) is 0 Å². The molecule has 1 aliphatic rings. The highest BCUT2D eigenvalue weighted by molar-refractivity contribution is 5.14. The van der Waals surface area contributed by atoms with Crippen molar-refractivity contribution in [2.24, 2.45) is 0 Å². The Labute approximate surface area is 99.2 Å². The van der Waals surface area contributed by atoms with E-state index in [9.17, 15) is 0 Å². The van der Waals surface area contributed by atoms with Crippen LogP contribution in [-0.4, -0.2) is 31.9 Å². The van der Waals surface area contributed by atoms with Crippen molar-refractivity contribution in [3.63, 3.8) is 0 Å². The summed E-state index contributed by atoms with van der Waals surface area (Å²) in [5.41, 5.74) is -0.139. The molecule has 0 bridgehead atoms. The van der Waals surface area contributed by atoms with Crippen LogP contribution in [0.2, 0.25) is 0 Å². The van der Waals surface area contributed by atoms with Crippen LogP contribution in [0, 0.1) is 0 Å². The predicted molar refractivity (Wildman–Crippen MR) is 66.4 cm³/mol. The van der Waals surface area contributed by atoms with Gasteiger partial charge in [-0.2, -0.15) is 0 Å². The molecule has 0 spiro atoms. The Morgan fingerprint density at radius 2 is 2.12 bits per heavy atom. The first-order chi connectivity index (χ1) is 7.74. The normalized spacial score (nSPS) is 18.1. The molecule has 0 aromatic rings. The molecule has 94 valence electrons. The largest absolute Gasteiger partial charge is 0.496 e. The maximum atomic E-state index is 6.01. The van der Waals surface area contributed by atoms with Crippen LogP contribution in [0.4, 0.5) is 0 Å². The average Bonchev–Trinajstić information content (AvgIpc) is 2.82. The molecule has 1 aliphatic heterocycles. The Morgan fingerprint density at radius 3 is 2.50 bits per heavy atom. The highest BCUT2D eigenvalue weighted by Crippen LogP contribution is 2.31. The molecule has 0 amide bonds. The third-order valence-electron chi connectivity index (χ3n) is 3.46. The molecule has 0 saturated carbocycles. The van der Waals surface area contributed by atoms with Crippen molar-refractivity contribution in [3.05, 3.63) is 11.8 Å². The lowest BCUT2D eigenvalue weighted by Crippen LogP contribution is -2.52. The summed E-state index contributed by atoms with van der Waals surface area (Å²) in [4.78, 5) is 0. The Morgan fingerprint density at radius 1 is 1.44 bits per heavy atom. The SMILES string of the molecule is CCOC(CC)(CC)C(NC)C1=CCCO1. The first-order valence-corrected chi connectivity index (χ1v) is 6.38. The Kier molecular flexibility index (Phi) is 5.29. The van der Waals surface area contributed by atoms with E-state index in [1.165, 1.54) is 0 Å². The number of nitrogens with one attached hydrogen (secondary N) is 1. The minimum absolute atomic E-state index is 0.139. The van der Waals surface area contributed by atoms with Gasteiger partial charge in [-0.25, -0.2) is 0 Å². The molecule has 0 radical (unpaired) electrons. The maximum absolute atomic E-state index is 6.01. The third kappa shape index (κ3) is 2.58. The van der Waals surface area contributed by atoms with Gasteiger partial charge in [-0.1, -0.05) is 13.8 Å². The second-order valence-electron chi connectivity index (χ2n) is 4.17. The van der Waals surface area contributed by atoms with Gasteiger partial charge < -0.3 is 14.8 Å². The van der Waals surface area contributed by atoms with Gasteiger partial charge in [0.1, 0.15) is 5.76 Å². The molecule has 16 heavy (non-hydrogen) atoms. The Balaban J connectivity index is 2.87. The van der Waals surface area contributed by atoms with E-state index in [0.717, 1.165) is 38.2 Å². The van der Waals surface area contributed by atoms with E-state index in [1.807, 2.05) is 7.05 Å². The monoisotopic (exact) mass is 227 g/mol. The summed E-state index contributed by atoms with van der Waals surface area (Å²) in [6, 6.07) is 0.171. The fourth-order valence-corrected chi connectivity index (χ4v) is 2.54. The molecule has 0 aromatic carbocycles. The van der Waals surface area contributed by atoms with E-state index < -0.39 is 0 Å². The van der Waals surface area contributed by atoms with Crippen LogP contribution in [0.25, 0.3) is 0 Å². The molecule has 3 heteroatoms. The standard InChI is InChI=1S/C13H25NO2/c1-5-13(6-2,16-7-3)12(14-4)11-9-8-10-15-11/h9,12,14H,5-8,10H2,1-4H3. The van der Waals surface area contributed by atoms with Crippen molar-refractivity contribution < 1.29 is 9.47 Å². The highest BCUT2D eigenvalue weighted by Gasteiger charge is 2.39. The van der Waals surface area contributed by atoms with Gasteiger partial charge in [0, 0.05) is 13.0 Å². The van der Waals surface area contributed by atoms with E-state index in [-0.39, 0.29) is 11.6 Å². The quantitative estimate of drug-likeness (QED) is 0.725. The van der Waals surface area contributed by atoms with Gasteiger partial charge in [-0.15, -0.1) is 0 Å². The van der Waals surface area contributed by atoms with E-state index in [1.54, 1.807) is 0 Å². The number of likely N-dealkylation sites (N-methyl/N-ethyl adjacent to an activating group) is 1. The zero-order chi connectivity index (χ0) is 12.0. The summed E-state index contributed by atoms with van der Waals surface area (Å²) in [7, 11) is 1.98. The van der Waals surface area contributed by atoms with E-state index in [0.29, 0.717) is 0 Å². The summed E-state index contributed by atoms with van der Waals surface area (Å²) in [6.07, 6.45) is 5.18. The van der Waals surface area contributed by atoms with Gasteiger partial charge in [0.05, 0.1) is 18.2 Å². The molecule has 0 aliphatic carbocycles. The van der Waals surface area contributed by atoms with Crippen molar-refractivity contribution in [1.82, 2.24) is 5.32 Å². The predicted octanol–water partition coefficient (Wildman–Crippen LogP) is 2.47. The summed E-state index contributed by atoms with van der Waals surface area (Å²) in [5.74, 6) is 1.06. The minimum atomic E-state index is -0.139. The summed E-state index contributed by atoms with van der Waals surface area (Å²) in [5, 5.41) is 3.35. The van der Waals surface area contributed by atoms with Gasteiger partial charge in [0.15, 0.2) is 0 Å². The van der Waals surface area contributed by atoms with Gasteiger partial charge in [0.25, 0.3) is 0 Å². The second kappa shape index (κ2) is 6.26. The van der Waals surface area contributed by atoms with E-state index >= 15 is 0 Å². The molecule has 3 nitrogen and oxygen atoms in total. The fraction of sp³-hybridized carbons (Fsp3) is 0.846. The lowest BCUT2D eigenvalue weighted by molar-refractivity contribution is -0.0714. The van der Waals surface area contributed by atoms with Gasteiger partial charge in [0.2, 0.25) is 0 Å². The van der Waals surface area contributed by atoms with Crippen molar-refractivity contribution in [1.29, 1.82) is 0 Å². The third-order valence-corrected chi connectivity index (χ3v) is 3.46. The van der Waals surface area contributed by atoms with Crippen LogP contribution in [0.3, 0.4) is 0 Å². The zero-order valence-corrected chi connectivity index (χ0v) is 11.0. The molecular weight excluding hydrogens is 202 g/mol. The molecule has 0 saturated heterocycles. The molecule has 1 rings (SSSR count). The summed E-state index contributed by atoms with van der Waals surface area (Å²) < 4.78 is 11.7. The Bertz CT molecular complexity index is 234. The second-order valence-corrected chi connectivity index (χ2v) is 4.17. The van der Waals surface area contributed by atoms with Crippen LogP contribution in [0.15, 0.2) is 11.8 Å². The van der Waals surface area contributed by atoms with Crippen molar-refractivity contribution in [2.45, 2.75) is 51.7 Å². The van der Waals surface area contributed by atoms with Crippen molar-refractivity contribution in [2.75, 3.05) is 20.3 Å². The van der Waals surface area contributed by atoms with Crippen LogP contribution in [0.1, 0.15) is 40.0 Å². The maximum Gasteiger partial charge on any atom is 0.112 e. The van der Waals surface area contributed by atoms with E-state index in [4.69, 9.17) is 9.47 Å². The lowest BCUT2D eigenvalue weighted by atomic mass is 9.86. The average molecular weight is 227 g/mol. The fourth-order valence-electron chi connectivity index (χ4n) is 2.54. The molecule has 1 atom stereocenters. The van der Waals surface area contributed by atoms with Crippen LogP contribution in [0.5, 0.6) is 0 Å². The molecule has 0 fully saturated rings. The van der Waals surface area contributed by atoms with Crippen LogP contribution >= 0.6 is 0 Å². The lowest BCUT2D eigenvalue weighted by Gasteiger charge is -2.39. The number of ether oxygens (including phenoxy) is 2. The van der Waals surface area contributed by atoms with Gasteiger partial charge in [-0.05, 0) is 32.9 Å². The molecule has 1 heterocycles. The van der Waals surface area contributed by atoms with Gasteiger partial charge >= 0.3 is 0 Å².